The Morgan fingerprint density at radius 2 is 2.06 bits per heavy atom. The molecule has 96 valence electrons. The van der Waals surface area contributed by atoms with Crippen LogP contribution in [0.4, 0.5) is 0 Å². The molecule has 1 atom stereocenters. The van der Waals surface area contributed by atoms with Crippen molar-refractivity contribution >= 4 is 0 Å². The summed E-state index contributed by atoms with van der Waals surface area (Å²) >= 11 is 0. The van der Waals surface area contributed by atoms with Gasteiger partial charge >= 0.3 is 0 Å². The summed E-state index contributed by atoms with van der Waals surface area (Å²) in [5, 5.41) is 12.7. The molecule has 0 aliphatic carbocycles. The molecule has 0 bridgehead atoms. The van der Waals surface area contributed by atoms with Crippen LogP contribution in [0.3, 0.4) is 0 Å². The van der Waals surface area contributed by atoms with Crippen molar-refractivity contribution in [3.05, 3.63) is 0 Å². The molecule has 1 saturated heterocycles. The van der Waals surface area contributed by atoms with E-state index in [0.29, 0.717) is 18.1 Å². The lowest BCUT2D eigenvalue weighted by atomic mass is 9.81. The lowest BCUT2D eigenvalue weighted by Gasteiger charge is -2.37. The molecule has 0 aromatic rings. The Morgan fingerprint density at radius 3 is 2.56 bits per heavy atom. The van der Waals surface area contributed by atoms with E-state index in [1.54, 1.807) is 0 Å². The number of nitrogens with zero attached hydrogens (tertiary/aromatic N) is 1. The fourth-order valence-corrected chi connectivity index (χ4v) is 2.90. The second-order valence-corrected chi connectivity index (χ2v) is 5.19. The maximum Gasteiger partial charge on any atom is 0.0586 e. The van der Waals surface area contributed by atoms with Gasteiger partial charge in [0.25, 0.3) is 0 Å². The van der Waals surface area contributed by atoms with E-state index in [0.717, 1.165) is 19.6 Å². The van der Waals surface area contributed by atoms with Crippen molar-refractivity contribution in [2.24, 2.45) is 5.41 Å². The van der Waals surface area contributed by atoms with Crippen LogP contribution in [0.15, 0.2) is 0 Å². The molecule has 0 aromatic carbocycles. The van der Waals surface area contributed by atoms with E-state index in [1.807, 2.05) is 7.05 Å². The average Bonchev–Trinajstić information content (AvgIpc) is 2.75. The van der Waals surface area contributed by atoms with Gasteiger partial charge in [0.1, 0.15) is 0 Å². The minimum atomic E-state index is 0.322. The highest BCUT2D eigenvalue weighted by molar-refractivity contribution is 4.87. The molecule has 1 unspecified atom stereocenters. The second kappa shape index (κ2) is 6.58. The minimum Gasteiger partial charge on any atom is -0.395 e. The third kappa shape index (κ3) is 3.19. The molecule has 16 heavy (non-hydrogen) atoms. The normalized spacial score (nSPS) is 22.9. The van der Waals surface area contributed by atoms with Gasteiger partial charge in [-0.2, -0.15) is 0 Å². The lowest BCUT2D eigenvalue weighted by Crippen LogP contribution is -2.45. The SMILES string of the molecule is CCC(CC)(CNC)CN1CCCC1CO. The Balaban J connectivity index is 2.59. The highest BCUT2D eigenvalue weighted by Gasteiger charge is 2.33. The van der Waals surface area contributed by atoms with Gasteiger partial charge in [-0.3, -0.25) is 4.90 Å². The summed E-state index contributed by atoms with van der Waals surface area (Å²) < 4.78 is 0. The largest absolute Gasteiger partial charge is 0.395 e. The zero-order valence-corrected chi connectivity index (χ0v) is 11.1. The monoisotopic (exact) mass is 228 g/mol. The lowest BCUT2D eigenvalue weighted by molar-refractivity contribution is 0.0951. The zero-order valence-electron chi connectivity index (χ0n) is 11.1. The topological polar surface area (TPSA) is 35.5 Å². The van der Waals surface area contributed by atoms with Crippen LogP contribution in [-0.2, 0) is 0 Å². The van der Waals surface area contributed by atoms with E-state index < -0.39 is 0 Å². The molecule has 0 amide bonds. The number of rotatable bonds is 7. The first-order chi connectivity index (χ1) is 7.71. The Morgan fingerprint density at radius 1 is 1.38 bits per heavy atom. The molecule has 0 spiro atoms. The molecular formula is C13H28N2O. The molecule has 2 N–H and O–H groups in total. The quantitative estimate of drug-likeness (QED) is 0.692. The van der Waals surface area contributed by atoms with E-state index >= 15 is 0 Å². The highest BCUT2D eigenvalue weighted by Crippen LogP contribution is 2.30. The van der Waals surface area contributed by atoms with E-state index in [2.05, 4.69) is 24.1 Å². The maximum absolute atomic E-state index is 9.35. The van der Waals surface area contributed by atoms with Gasteiger partial charge in [-0.05, 0) is 44.7 Å². The summed E-state index contributed by atoms with van der Waals surface area (Å²) in [6.07, 6.45) is 4.83. The van der Waals surface area contributed by atoms with Crippen LogP contribution in [0, 0.1) is 5.41 Å². The predicted octanol–water partition coefficient (Wildman–Crippen LogP) is 1.47. The van der Waals surface area contributed by atoms with E-state index in [4.69, 9.17) is 0 Å². The third-order valence-corrected chi connectivity index (χ3v) is 4.30. The number of aliphatic hydroxyl groups excluding tert-OH is 1. The Bertz CT molecular complexity index is 192. The molecule has 0 radical (unpaired) electrons. The Hall–Kier alpha value is -0.120. The molecule has 1 heterocycles. The molecule has 3 heteroatoms. The van der Waals surface area contributed by atoms with E-state index in [9.17, 15) is 5.11 Å². The van der Waals surface area contributed by atoms with Crippen LogP contribution in [0.5, 0.6) is 0 Å². The first kappa shape index (κ1) is 13.9. The summed E-state index contributed by atoms with van der Waals surface area (Å²) in [5.41, 5.74) is 0.381. The molecule has 1 fully saturated rings. The van der Waals surface area contributed by atoms with Crippen LogP contribution in [0.25, 0.3) is 0 Å². The van der Waals surface area contributed by atoms with Crippen LogP contribution >= 0.6 is 0 Å². The summed E-state index contributed by atoms with van der Waals surface area (Å²) in [4.78, 5) is 2.49. The van der Waals surface area contributed by atoms with Crippen molar-refractivity contribution in [1.82, 2.24) is 10.2 Å². The molecule has 1 aliphatic rings. The summed E-state index contributed by atoms with van der Waals surface area (Å²) in [5.74, 6) is 0. The van der Waals surface area contributed by atoms with Crippen molar-refractivity contribution < 1.29 is 5.11 Å². The molecule has 0 aromatic heterocycles. The summed E-state index contributed by atoms with van der Waals surface area (Å²) in [6.45, 7) is 8.26. The fraction of sp³-hybridized carbons (Fsp3) is 1.00. The van der Waals surface area contributed by atoms with Gasteiger partial charge in [0.05, 0.1) is 6.61 Å². The van der Waals surface area contributed by atoms with Gasteiger partial charge in [0, 0.05) is 19.1 Å². The minimum absolute atomic E-state index is 0.322. The first-order valence-corrected chi connectivity index (χ1v) is 6.71. The van der Waals surface area contributed by atoms with Crippen LogP contribution in [0.2, 0.25) is 0 Å². The van der Waals surface area contributed by atoms with Crippen molar-refractivity contribution in [3.63, 3.8) is 0 Å². The Kier molecular flexibility index (Phi) is 5.73. The molecular weight excluding hydrogens is 200 g/mol. The fourth-order valence-electron chi connectivity index (χ4n) is 2.90. The number of hydrogen-bond acceptors (Lipinski definition) is 3. The van der Waals surface area contributed by atoms with Gasteiger partial charge in [-0.1, -0.05) is 13.8 Å². The first-order valence-electron chi connectivity index (χ1n) is 6.71. The molecule has 3 nitrogen and oxygen atoms in total. The number of likely N-dealkylation sites (tertiary alicyclic amines) is 1. The van der Waals surface area contributed by atoms with Gasteiger partial charge in [0.2, 0.25) is 0 Å². The number of nitrogens with one attached hydrogen (secondary N) is 1. The van der Waals surface area contributed by atoms with Crippen LogP contribution in [0.1, 0.15) is 39.5 Å². The number of aliphatic hydroxyl groups is 1. The second-order valence-electron chi connectivity index (χ2n) is 5.19. The Labute approximate surface area is 100 Å². The van der Waals surface area contributed by atoms with Gasteiger partial charge < -0.3 is 10.4 Å². The molecule has 1 aliphatic heterocycles. The van der Waals surface area contributed by atoms with Gasteiger partial charge in [-0.15, -0.1) is 0 Å². The van der Waals surface area contributed by atoms with Crippen LogP contribution in [-0.4, -0.2) is 49.3 Å². The molecule has 0 saturated carbocycles. The average molecular weight is 228 g/mol. The van der Waals surface area contributed by atoms with Crippen LogP contribution < -0.4 is 5.32 Å². The smallest absolute Gasteiger partial charge is 0.0586 e. The van der Waals surface area contributed by atoms with Crippen molar-refractivity contribution in [2.75, 3.05) is 33.3 Å². The van der Waals surface area contributed by atoms with Crippen molar-refractivity contribution in [1.29, 1.82) is 0 Å². The van der Waals surface area contributed by atoms with Gasteiger partial charge in [0.15, 0.2) is 0 Å². The predicted molar refractivity (Wildman–Crippen MR) is 68.6 cm³/mol. The third-order valence-electron chi connectivity index (χ3n) is 4.30. The standard InChI is InChI=1S/C13H28N2O/c1-4-13(5-2,10-14-3)11-15-8-6-7-12(15)9-16/h12,14,16H,4-11H2,1-3H3. The summed E-state index contributed by atoms with van der Waals surface area (Å²) in [7, 11) is 2.04. The van der Waals surface area contributed by atoms with E-state index in [-0.39, 0.29) is 0 Å². The summed E-state index contributed by atoms with van der Waals surface area (Å²) in [6, 6.07) is 0.411. The zero-order chi connectivity index (χ0) is 12.0. The van der Waals surface area contributed by atoms with Crippen molar-refractivity contribution in [2.45, 2.75) is 45.6 Å². The van der Waals surface area contributed by atoms with E-state index in [1.165, 1.54) is 25.7 Å². The van der Waals surface area contributed by atoms with Gasteiger partial charge in [-0.25, -0.2) is 0 Å². The highest BCUT2D eigenvalue weighted by atomic mass is 16.3. The molecule has 1 rings (SSSR count). The van der Waals surface area contributed by atoms with Crippen molar-refractivity contribution in [3.8, 4) is 0 Å². The maximum atomic E-state index is 9.35. The number of hydrogen-bond donors (Lipinski definition) is 2.